The van der Waals surface area contributed by atoms with Crippen LogP contribution in [0.25, 0.3) is 11.0 Å². The number of hydrogen-bond acceptors (Lipinski definition) is 7. The smallest absolute Gasteiger partial charge is 0.294 e. The summed E-state index contributed by atoms with van der Waals surface area (Å²) in [4.78, 5) is 60.4. The summed E-state index contributed by atoms with van der Waals surface area (Å²) in [6, 6.07) is 4.69. The lowest BCUT2D eigenvalue weighted by atomic mass is 9.78. The topological polar surface area (TPSA) is 134 Å². The summed E-state index contributed by atoms with van der Waals surface area (Å²) in [6.45, 7) is 1.64. The summed E-state index contributed by atoms with van der Waals surface area (Å²) in [5.74, 6) is -0.0388. The molecule has 0 spiro atoms. The summed E-state index contributed by atoms with van der Waals surface area (Å²) >= 11 is 5.91. The maximum Gasteiger partial charge on any atom is 0.294 e. The maximum absolute atomic E-state index is 13.3. The highest BCUT2D eigenvalue weighted by molar-refractivity contribution is 6.30. The fourth-order valence-corrected chi connectivity index (χ4v) is 5.59. The number of anilines is 2. The number of aromatic nitrogens is 2. The molecule has 3 aromatic heterocycles. The Morgan fingerprint density at radius 1 is 0.976 bits per heavy atom. The monoisotopic (exact) mass is 595 g/mol. The van der Waals surface area contributed by atoms with Gasteiger partial charge in [0.05, 0.1) is 10.4 Å². The Morgan fingerprint density at radius 2 is 1.71 bits per heavy atom. The summed E-state index contributed by atoms with van der Waals surface area (Å²) in [6.07, 6.45) is 12.2. The lowest BCUT2D eigenvalue weighted by molar-refractivity contribution is -0.118. The Kier molecular flexibility index (Phi) is 10.7. The Hall–Kier alpha value is -3.79. The van der Waals surface area contributed by atoms with Crippen LogP contribution in [0.4, 0.5) is 11.5 Å². The fourth-order valence-electron chi connectivity index (χ4n) is 5.48. The van der Waals surface area contributed by atoms with E-state index < -0.39 is 5.91 Å². The number of pyridine rings is 2. The number of halogens is 1. The zero-order chi connectivity index (χ0) is 30.2. The molecule has 42 heavy (non-hydrogen) atoms. The third-order valence-corrected chi connectivity index (χ3v) is 7.96. The number of fused-ring (bicyclic) bond motifs is 1. The second-order valence-electron chi connectivity index (χ2n) is 11.3. The molecule has 3 aromatic rings. The van der Waals surface area contributed by atoms with Gasteiger partial charge in [0.2, 0.25) is 11.7 Å². The molecule has 0 atom stereocenters. The van der Waals surface area contributed by atoms with E-state index in [2.05, 4.69) is 20.6 Å². The third kappa shape index (κ3) is 8.15. The molecule has 10 nitrogen and oxygen atoms in total. The number of Topliss-reactive ketones (excluding diaryl/α,β-unsaturated/α-hetero) is 1. The first-order valence-electron chi connectivity index (χ1n) is 14.5. The molecule has 1 aliphatic rings. The van der Waals surface area contributed by atoms with Gasteiger partial charge in [-0.05, 0) is 56.2 Å². The molecule has 0 saturated heterocycles. The van der Waals surface area contributed by atoms with Crippen molar-refractivity contribution >= 4 is 57.6 Å². The second kappa shape index (κ2) is 14.4. The zero-order valence-corrected chi connectivity index (χ0v) is 25.1. The van der Waals surface area contributed by atoms with Crippen molar-refractivity contribution in [2.24, 2.45) is 11.8 Å². The maximum atomic E-state index is 13.3. The number of carbonyl (C=O) groups is 4. The minimum absolute atomic E-state index is 0.0732. The number of rotatable bonds is 12. The Balaban J connectivity index is 1.47. The van der Waals surface area contributed by atoms with Crippen LogP contribution in [0.15, 0.2) is 35.0 Å². The minimum atomic E-state index is -0.636. The van der Waals surface area contributed by atoms with Crippen LogP contribution in [0.5, 0.6) is 0 Å². The predicted molar refractivity (Wildman–Crippen MR) is 162 cm³/mol. The Labute approximate surface area is 250 Å². The van der Waals surface area contributed by atoms with Gasteiger partial charge in [0.25, 0.3) is 11.8 Å². The van der Waals surface area contributed by atoms with E-state index in [9.17, 15) is 19.2 Å². The number of nitrogens with zero attached hydrogens (tertiary/aromatic N) is 3. The molecule has 3 heterocycles. The number of carbonyl (C=O) groups excluding carboxylic acids is 4. The highest BCUT2D eigenvalue weighted by atomic mass is 35.5. The zero-order valence-electron chi connectivity index (χ0n) is 24.4. The number of amides is 3. The van der Waals surface area contributed by atoms with Crippen LogP contribution < -0.4 is 10.6 Å². The lowest BCUT2D eigenvalue weighted by Gasteiger charge is -2.28. The van der Waals surface area contributed by atoms with Gasteiger partial charge in [-0.25, -0.2) is 4.98 Å². The Bertz CT molecular complexity index is 1430. The van der Waals surface area contributed by atoms with Crippen LogP contribution in [0.2, 0.25) is 5.02 Å². The van der Waals surface area contributed by atoms with Gasteiger partial charge in [-0.1, -0.05) is 43.7 Å². The Morgan fingerprint density at radius 3 is 2.38 bits per heavy atom. The van der Waals surface area contributed by atoms with Crippen LogP contribution >= 0.6 is 11.6 Å². The van der Waals surface area contributed by atoms with E-state index in [4.69, 9.17) is 16.0 Å². The van der Waals surface area contributed by atoms with Crippen molar-refractivity contribution < 1.29 is 23.6 Å². The summed E-state index contributed by atoms with van der Waals surface area (Å²) in [7, 11) is 3.20. The molecule has 3 amide bonds. The minimum Gasteiger partial charge on any atom is -0.448 e. The molecule has 0 aromatic carbocycles. The van der Waals surface area contributed by atoms with Crippen molar-refractivity contribution in [3.05, 3.63) is 47.1 Å². The molecule has 11 heteroatoms. The van der Waals surface area contributed by atoms with Crippen molar-refractivity contribution in [1.82, 2.24) is 14.9 Å². The quantitative estimate of drug-likeness (QED) is 0.228. The van der Waals surface area contributed by atoms with Gasteiger partial charge in [0, 0.05) is 39.3 Å². The second-order valence-corrected chi connectivity index (χ2v) is 11.7. The molecule has 224 valence electrons. The molecule has 0 radical (unpaired) electrons. The van der Waals surface area contributed by atoms with E-state index in [0.717, 1.165) is 51.4 Å². The predicted octanol–water partition coefficient (Wildman–Crippen LogP) is 6.50. The number of nitrogens with one attached hydrogen (secondary N) is 2. The number of hydrogen-bond donors (Lipinski definition) is 2. The molecular formula is C31H38ClN5O5. The fraction of sp³-hybridized carbons (Fsp3) is 0.484. The first kappa shape index (κ1) is 31.2. The molecule has 4 rings (SSSR count). The van der Waals surface area contributed by atoms with Gasteiger partial charge in [-0.3, -0.25) is 19.4 Å². The summed E-state index contributed by atoms with van der Waals surface area (Å²) in [5, 5.41) is 6.24. The lowest BCUT2D eigenvalue weighted by Crippen LogP contribution is -2.24. The van der Waals surface area contributed by atoms with Gasteiger partial charge in [0.15, 0.2) is 0 Å². The van der Waals surface area contributed by atoms with Crippen molar-refractivity contribution in [1.29, 1.82) is 0 Å². The van der Waals surface area contributed by atoms with Crippen LogP contribution in [0.3, 0.4) is 0 Å². The van der Waals surface area contributed by atoms with E-state index in [1.54, 1.807) is 39.2 Å². The number of unbranched alkanes of at least 4 members (excludes halogenated alkanes) is 2. The van der Waals surface area contributed by atoms with E-state index >= 15 is 0 Å². The molecule has 1 fully saturated rings. The number of furan rings is 1. The van der Waals surface area contributed by atoms with E-state index in [0.29, 0.717) is 23.8 Å². The first-order valence-corrected chi connectivity index (χ1v) is 14.9. The molecule has 0 aliphatic heterocycles. The molecular weight excluding hydrogens is 558 g/mol. The standard InChI is InChI=1S/C31H38ClN5O5/c1-19(38)7-5-4-6-8-20-9-11-21(12-10-20)17-25(39)36-27-26-23(15-16-33-28(26)31(41)37(2)3)42-29(27)30(40)35-24-14-13-22(32)18-34-24/h13-16,18,20-21H,4-12,17H2,1-3H3,(H,36,39)(H,34,35,40). The molecule has 0 unspecified atom stereocenters. The molecule has 1 aliphatic carbocycles. The van der Waals surface area contributed by atoms with Crippen molar-refractivity contribution in [3.8, 4) is 0 Å². The molecule has 2 N–H and O–H groups in total. The van der Waals surface area contributed by atoms with Gasteiger partial charge >= 0.3 is 0 Å². The SMILES string of the molecule is CC(=O)CCCCCC1CCC(CC(=O)Nc2c(C(=O)Nc3ccc(Cl)cn3)oc3ccnc(C(=O)N(C)C)c23)CC1. The van der Waals surface area contributed by atoms with E-state index in [-0.39, 0.29) is 57.4 Å². The van der Waals surface area contributed by atoms with E-state index in [1.807, 2.05) is 0 Å². The van der Waals surface area contributed by atoms with Gasteiger partial charge in [-0.2, -0.15) is 0 Å². The van der Waals surface area contributed by atoms with Gasteiger partial charge in [-0.15, -0.1) is 0 Å². The molecule has 1 saturated carbocycles. The first-order chi connectivity index (χ1) is 20.1. The normalized spacial score (nSPS) is 16.7. The van der Waals surface area contributed by atoms with Crippen molar-refractivity contribution in [2.75, 3.05) is 24.7 Å². The van der Waals surface area contributed by atoms with E-state index in [1.165, 1.54) is 17.3 Å². The average molecular weight is 596 g/mol. The third-order valence-electron chi connectivity index (χ3n) is 7.73. The highest BCUT2D eigenvalue weighted by Crippen LogP contribution is 2.36. The van der Waals surface area contributed by atoms with Crippen LogP contribution in [0, 0.1) is 11.8 Å². The largest absolute Gasteiger partial charge is 0.448 e. The number of ketones is 1. The summed E-state index contributed by atoms with van der Waals surface area (Å²) in [5.41, 5.74) is 0.437. The van der Waals surface area contributed by atoms with Crippen LogP contribution in [0.1, 0.15) is 92.2 Å². The highest BCUT2D eigenvalue weighted by Gasteiger charge is 2.29. The molecule has 0 bridgehead atoms. The van der Waals surface area contributed by atoms with Crippen molar-refractivity contribution in [3.63, 3.8) is 0 Å². The van der Waals surface area contributed by atoms with Gasteiger partial charge < -0.3 is 24.7 Å². The van der Waals surface area contributed by atoms with Crippen LogP contribution in [-0.2, 0) is 9.59 Å². The van der Waals surface area contributed by atoms with Crippen LogP contribution in [-0.4, -0.2) is 52.5 Å². The van der Waals surface area contributed by atoms with Gasteiger partial charge in [0.1, 0.15) is 28.6 Å². The van der Waals surface area contributed by atoms with Crippen molar-refractivity contribution in [2.45, 2.75) is 71.1 Å². The summed E-state index contributed by atoms with van der Waals surface area (Å²) < 4.78 is 5.89. The average Bonchev–Trinajstić information content (AvgIpc) is 3.32.